The fourth-order valence-corrected chi connectivity index (χ4v) is 4.19. The molecule has 0 spiro atoms. The highest BCUT2D eigenvalue weighted by Crippen LogP contribution is 2.31. The van der Waals surface area contributed by atoms with Crippen molar-refractivity contribution in [2.75, 3.05) is 19.0 Å². The molecule has 0 saturated carbocycles. The highest BCUT2D eigenvalue weighted by atomic mass is 32.1. The number of para-hydroxylation sites is 1. The molecule has 0 fully saturated rings. The number of nitrogens with one attached hydrogen (secondary N) is 1. The van der Waals surface area contributed by atoms with E-state index in [1.807, 2.05) is 48.5 Å². The average Bonchev–Trinajstić information content (AvgIpc) is 3.18. The maximum Gasteiger partial charge on any atom is 0.163 e. The molecule has 28 heavy (non-hydrogen) atoms. The van der Waals surface area contributed by atoms with Gasteiger partial charge in [-0.1, -0.05) is 55.5 Å². The van der Waals surface area contributed by atoms with Crippen LogP contribution in [0.25, 0.3) is 21.6 Å². The predicted molar refractivity (Wildman–Crippen MR) is 117 cm³/mol. The molecule has 142 valence electrons. The third kappa shape index (κ3) is 3.85. The Hall–Kier alpha value is -2.92. The van der Waals surface area contributed by atoms with Gasteiger partial charge in [0.1, 0.15) is 16.4 Å². The zero-order chi connectivity index (χ0) is 19.3. The maximum absolute atomic E-state index is 5.46. The van der Waals surface area contributed by atoms with Crippen LogP contribution in [0.4, 0.5) is 5.82 Å². The molecule has 0 radical (unpaired) electrons. The van der Waals surface area contributed by atoms with Gasteiger partial charge in [0.15, 0.2) is 5.82 Å². The number of methoxy groups -OCH3 is 1. The molecule has 0 aliphatic rings. The zero-order valence-corrected chi connectivity index (χ0v) is 16.9. The molecule has 0 saturated heterocycles. The summed E-state index contributed by atoms with van der Waals surface area (Å²) in [6.07, 6.45) is 1.86. The Morgan fingerprint density at radius 1 is 1.00 bits per heavy atom. The van der Waals surface area contributed by atoms with E-state index in [2.05, 4.69) is 24.4 Å². The van der Waals surface area contributed by atoms with Crippen molar-refractivity contribution >= 4 is 27.4 Å². The Bertz CT molecular complexity index is 1080. The van der Waals surface area contributed by atoms with Gasteiger partial charge in [-0.3, -0.25) is 0 Å². The van der Waals surface area contributed by atoms with Crippen LogP contribution in [0.3, 0.4) is 0 Å². The third-order valence-corrected chi connectivity index (χ3v) is 5.88. The van der Waals surface area contributed by atoms with Gasteiger partial charge in [-0.15, -0.1) is 11.3 Å². The van der Waals surface area contributed by atoms with E-state index < -0.39 is 0 Å². The van der Waals surface area contributed by atoms with Gasteiger partial charge >= 0.3 is 0 Å². The second-order valence-corrected chi connectivity index (χ2v) is 7.65. The molecular formula is C23H23N3OS. The molecule has 2 aromatic carbocycles. The minimum atomic E-state index is 0.761. The summed E-state index contributed by atoms with van der Waals surface area (Å²) < 4.78 is 5.46. The highest BCUT2D eigenvalue weighted by Gasteiger charge is 2.13. The van der Waals surface area contributed by atoms with Gasteiger partial charge in [-0.2, -0.15) is 0 Å². The van der Waals surface area contributed by atoms with Crippen molar-refractivity contribution in [1.29, 1.82) is 0 Å². The number of anilines is 1. The number of nitrogens with zero attached hydrogens (tertiary/aromatic N) is 2. The number of hydrogen-bond donors (Lipinski definition) is 1. The van der Waals surface area contributed by atoms with Crippen LogP contribution in [0.2, 0.25) is 0 Å². The summed E-state index contributed by atoms with van der Waals surface area (Å²) in [5.74, 6) is 2.58. The highest BCUT2D eigenvalue weighted by molar-refractivity contribution is 7.18. The molecule has 0 aliphatic heterocycles. The molecule has 0 bridgehead atoms. The van der Waals surface area contributed by atoms with E-state index in [1.54, 1.807) is 18.4 Å². The van der Waals surface area contributed by atoms with Gasteiger partial charge in [0.05, 0.1) is 12.5 Å². The topological polar surface area (TPSA) is 47.0 Å². The van der Waals surface area contributed by atoms with E-state index in [0.717, 1.165) is 52.6 Å². The molecule has 1 N–H and O–H groups in total. The lowest BCUT2D eigenvalue weighted by molar-refractivity contribution is 0.410. The summed E-state index contributed by atoms with van der Waals surface area (Å²) in [6, 6.07) is 20.5. The summed E-state index contributed by atoms with van der Waals surface area (Å²) >= 11 is 1.75. The molecule has 5 heteroatoms. The van der Waals surface area contributed by atoms with E-state index in [0.29, 0.717) is 0 Å². The fourth-order valence-electron chi connectivity index (χ4n) is 3.22. The normalized spacial score (nSPS) is 10.9. The first-order chi connectivity index (χ1) is 13.8. The zero-order valence-electron chi connectivity index (χ0n) is 16.1. The molecular weight excluding hydrogens is 366 g/mol. The molecule has 0 amide bonds. The Morgan fingerprint density at radius 3 is 2.57 bits per heavy atom. The molecule has 4 rings (SSSR count). The van der Waals surface area contributed by atoms with E-state index in [4.69, 9.17) is 14.7 Å². The molecule has 0 atom stereocenters. The van der Waals surface area contributed by atoms with Crippen LogP contribution in [-0.2, 0) is 12.8 Å². The van der Waals surface area contributed by atoms with Gasteiger partial charge in [-0.25, -0.2) is 9.97 Å². The van der Waals surface area contributed by atoms with Crippen molar-refractivity contribution in [1.82, 2.24) is 9.97 Å². The molecule has 2 heterocycles. The molecule has 2 aromatic heterocycles. The summed E-state index contributed by atoms with van der Waals surface area (Å²) in [4.78, 5) is 12.0. The Labute approximate surface area is 169 Å². The largest absolute Gasteiger partial charge is 0.496 e. The van der Waals surface area contributed by atoms with E-state index >= 15 is 0 Å². The minimum absolute atomic E-state index is 0.761. The smallest absolute Gasteiger partial charge is 0.163 e. The van der Waals surface area contributed by atoms with Crippen molar-refractivity contribution in [3.8, 4) is 17.1 Å². The van der Waals surface area contributed by atoms with E-state index in [9.17, 15) is 0 Å². The standard InChI is InChI=1S/C23H23N3OS/c1-3-18-15-19-22(24-14-13-16-9-7-8-12-20(16)27-2)25-21(26-23(19)28-18)17-10-5-4-6-11-17/h4-12,15H,3,13-14H2,1-2H3,(H,24,25,26). The first kappa shape index (κ1) is 18.4. The van der Waals surface area contributed by atoms with Crippen molar-refractivity contribution in [3.63, 3.8) is 0 Å². The lowest BCUT2D eigenvalue weighted by Gasteiger charge is -2.11. The SMILES string of the molecule is CCc1cc2c(NCCc3ccccc3OC)nc(-c3ccccc3)nc2s1. The van der Waals surface area contributed by atoms with Crippen LogP contribution >= 0.6 is 11.3 Å². The first-order valence-corrected chi connectivity index (χ1v) is 10.3. The van der Waals surface area contributed by atoms with Crippen LogP contribution in [-0.4, -0.2) is 23.6 Å². The molecule has 0 unspecified atom stereocenters. The summed E-state index contributed by atoms with van der Waals surface area (Å²) in [7, 11) is 1.71. The van der Waals surface area contributed by atoms with Crippen LogP contribution in [0.15, 0.2) is 60.7 Å². The van der Waals surface area contributed by atoms with Gasteiger partial charge in [-0.05, 0) is 30.5 Å². The van der Waals surface area contributed by atoms with Gasteiger partial charge in [0.25, 0.3) is 0 Å². The first-order valence-electron chi connectivity index (χ1n) is 9.50. The summed E-state index contributed by atoms with van der Waals surface area (Å²) in [5, 5.41) is 4.63. The predicted octanol–water partition coefficient (Wildman–Crippen LogP) is 5.58. The lowest BCUT2D eigenvalue weighted by Crippen LogP contribution is -2.08. The summed E-state index contributed by atoms with van der Waals surface area (Å²) in [5.41, 5.74) is 2.22. The average molecular weight is 390 g/mol. The fraction of sp³-hybridized carbons (Fsp3) is 0.217. The quantitative estimate of drug-likeness (QED) is 0.448. The number of rotatable bonds is 7. The van der Waals surface area contributed by atoms with E-state index in [-0.39, 0.29) is 0 Å². The van der Waals surface area contributed by atoms with Crippen LogP contribution in [0.5, 0.6) is 5.75 Å². The summed E-state index contributed by atoms with van der Waals surface area (Å²) in [6.45, 7) is 2.95. The monoisotopic (exact) mass is 389 g/mol. The number of fused-ring (bicyclic) bond motifs is 1. The molecule has 0 aliphatic carbocycles. The Kier molecular flexibility index (Phi) is 5.53. The van der Waals surface area contributed by atoms with Gasteiger partial charge in [0.2, 0.25) is 0 Å². The van der Waals surface area contributed by atoms with Crippen LogP contribution in [0.1, 0.15) is 17.4 Å². The van der Waals surface area contributed by atoms with Crippen molar-refractivity contribution in [2.24, 2.45) is 0 Å². The van der Waals surface area contributed by atoms with Gasteiger partial charge in [0, 0.05) is 17.0 Å². The molecule has 4 nitrogen and oxygen atoms in total. The third-order valence-electron chi connectivity index (χ3n) is 4.70. The number of ether oxygens (including phenoxy) is 1. The van der Waals surface area contributed by atoms with Crippen molar-refractivity contribution in [2.45, 2.75) is 19.8 Å². The number of thiophene rings is 1. The number of aryl methyl sites for hydroxylation is 1. The number of aromatic nitrogens is 2. The lowest BCUT2D eigenvalue weighted by atomic mass is 10.1. The van der Waals surface area contributed by atoms with E-state index in [1.165, 1.54) is 10.4 Å². The number of benzene rings is 2. The maximum atomic E-state index is 5.46. The minimum Gasteiger partial charge on any atom is -0.496 e. The van der Waals surface area contributed by atoms with Crippen molar-refractivity contribution in [3.05, 3.63) is 71.1 Å². The Balaban J connectivity index is 1.64. The van der Waals surface area contributed by atoms with Crippen molar-refractivity contribution < 1.29 is 4.74 Å². The van der Waals surface area contributed by atoms with Crippen LogP contribution in [0, 0.1) is 0 Å². The Morgan fingerprint density at radius 2 is 1.79 bits per heavy atom. The van der Waals surface area contributed by atoms with Gasteiger partial charge < -0.3 is 10.1 Å². The number of hydrogen-bond acceptors (Lipinski definition) is 5. The second kappa shape index (κ2) is 8.40. The molecule has 4 aromatic rings. The second-order valence-electron chi connectivity index (χ2n) is 6.54. The van der Waals surface area contributed by atoms with Crippen LogP contribution < -0.4 is 10.1 Å².